The molecule has 2 aliphatic heterocycles. The van der Waals surface area contributed by atoms with Crippen molar-refractivity contribution >= 4 is 11.9 Å². The summed E-state index contributed by atoms with van der Waals surface area (Å²) < 4.78 is 16.3. The lowest BCUT2D eigenvalue weighted by atomic mass is 9.94. The second-order valence-electron chi connectivity index (χ2n) is 6.00. The van der Waals surface area contributed by atoms with Crippen molar-refractivity contribution in [3.8, 4) is 0 Å². The van der Waals surface area contributed by atoms with E-state index in [2.05, 4.69) is 21.8 Å². The molecule has 0 aliphatic carbocycles. The number of carbonyl (C=O) groups excluding carboxylic acids is 1. The molecule has 0 radical (unpaired) electrons. The quantitative estimate of drug-likeness (QED) is 0.780. The standard InChI is InChI=1S/C16H23N3O4/c1-3-21-14(20)12-8-17-16(18-9-12)19-10-11(2)4-5-13(19)15-22-6-7-23-15/h8-9,11,13,15H,3-7,10H2,1-2H3. The Balaban J connectivity index is 1.77. The minimum absolute atomic E-state index is 0.113. The Morgan fingerprint density at radius 1 is 1.30 bits per heavy atom. The summed E-state index contributed by atoms with van der Waals surface area (Å²) in [5, 5.41) is 0. The molecule has 0 amide bonds. The zero-order chi connectivity index (χ0) is 16.2. The molecule has 1 aromatic rings. The van der Waals surface area contributed by atoms with Gasteiger partial charge in [-0.05, 0) is 25.7 Å². The Hall–Kier alpha value is -1.73. The van der Waals surface area contributed by atoms with Crippen LogP contribution in [-0.4, -0.2) is 54.6 Å². The zero-order valence-electron chi connectivity index (χ0n) is 13.6. The first-order valence-corrected chi connectivity index (χ1v) is 8.18. The van der Waals surface area contributed by atoms with Gasteiger partial charge in [0, 0.05) is 18.9 Å². The minimum Gasteiger partial charge on any atom is -0.462 e. The van der Waals surface area contributed by atoms with Gasteiger partial charge in [0.1, 0.15) is 0 Å². The minimum atomic E-state index is -0.398. The van der Waals surface area contributed by atoms with Crippen LogP contribution in [0.4, 0.5) is 5.95 Å². The fraction of sp³-hybridized carbons (Fsp3) is 0.688. The third kappa shape index (κ3) is 3.61. The summed E-state index contributed by atoms with van der Waals surface area (Å²) in [6.07, 6.45) is 4.93. The Bertz CT molecular complexity index is 531. The molecule has 3 heterocycles. The molecule has 2 unspecified atom stereocenters. The number of esters is 1. The van der Waals surface area contributed by atoms with Gasteiger partial charge in [-0.25, -0.2) is 14.8 Å². The highest BCUT2D eigenvalue weighted by molar-refractivity contribution is 5.88. The van der Waals surface area contributed by atoms with Crippen molar-refractivity contribution in [2.45, 2.75) is 39.0 Å². The summed E-state index contributed by atoms with van der Waals surface area (Å²) in [7, 11) is 0. The first kappa shape index (κ1) is 16.1. The van der Waals surface area contributed by atoms with E-state index in [0.29, 0.717) is 37.3 Å². The van der Waals surface area contributed by atoms with E-state index in [1.807, 2.05) is 0 Å². The summed E-state index contributed by atoms with van der Waals surface area (Å²) in [6.45, 7) is 6.44. The average Bonchev–Trinajstić information content (AvgIpc) is 3.09. The third-order valence-corrected chi connectivity index (χ3v) is 4.23. The van der Waals surface area contributed by atoms with E-state index in [1.54, 1.807) is 6.92 Å². The van der Waals surface area contributed by atoms with Crippen LogP contribution in [0, 0.1) is 5.92 Å². The number of hydrogen-bond acceptors (Lipinski definition) is 7. The van der Waals surface area contributed by atoms with Crippen LogP contribution in [0.2, 0.25) is 0 Å². The largest absolute Gasteiger partial charge is 0.462 e. The monoisotopic (exact) mass is 321 g/mol. The number of nitrogens with zero attached hydrogens (tertiary/aromatic N) is 3. The highest BCUT2D eigenvalue weighted by Crippen LogP contribution is 2.29. The van der Waals surface area contributed by atoms with E-state index in [0.717, 1.165) is 19.4 Å². The predicted octanol–water partition coefficient (Wildman–Crippen LogP) is 1.63. The summed E-state index contributed by atoms with van der Waals surface area (Å²) in [6, 6.07) is 0.113. The predicted molar refractivity (Wildman–Crippen MR) is 83.2 cm³/mol. The van der Waals surface area contributed by atoms with Gasteiger partial charge in [-0.15, -0.1) is 0 Å². The molecule has 23 heavy (non-hydrogen) atoms. The van der Waals surface area contributed by atoms with Crippen LogP contribution in [0.5, 0.6) is 0 Å². The van der Waals surface area contributed by atoms with Crippen molar-refractivity contribution in [3.05, 3.63) is 18.0 Å². The fourth-order valence-corrected chi connectivity index (χ4v) is 3.07. The summed E-state index contributed by atoms with van der Waals surface area (Å²) in [5.41, 5.74) is 0.366. The van der Waals surface area contributed by atoms with Gasteiger partial charge in [-0.3, -0.25) is 0 Å². The van der Waals surface area contributed by atoms with Crippen molar-refractivity contribution in [1.82, 2.24) is 9.97 Å². The molecule has 2 atom stereocenters. The van der Waals surface area contributed by atoms with Crippen LogP contribution in [0.15, 0.2) is 12.4 Å². The summed E-state index contributed by atoms with van der Waals surface area (Å²) in [5.74, 6) is 0.764. The molecule has 7 nitrogen and oxygen atoms in total. The van der Waals surface area contributed by atoms with Gasteiger partial charge in [-0.2, -0.15) is 0 Å². The molecule has 2 saturated heterocycles. The van der Waals surface area contributed by atoms with Gasteiger partial charge in [-0.1, -0.05) is 6.92 Å². The average molecular weight is 321 g/mol. The first-order chi connectivity index (χ1) is 11.2. The maximum atomic E-state index is 11.7. The maximum absolute atomic E-state index is 11.7. The van der Waals surface area contributed by atoms with Gasteiger partial charge in [0.2, 0.25) is 5.95 Å². The molecular formula is C16H23N3O4. The highest BCUT2D eigenvalue weighted by Gasteiger charge is 2.37. The van der Waals surface area contributed by atoms with E-state index in [9.17, 15) is 4.79 Å². The normalized spacial score (nSPS) is 25.6. The van der Waals surface area contributed by atoms with Crippen LogP contribution in [0.1, 0.15) is 37.0 Å². The summed E-state index contributed by atoms with van der Waals surface area (Å²) in [4.78, 5) is 22.6. The van der Waals surface area contributed by atoms with Crippen LogP contribution >= 0.6 is 0 Å². The molecule has 0 aromatic carbocycles. The summed E-state index contributed by atoms with van der Waals surface area (Å²) >= 11 is 0. The number of hydrogen-bond donors (Lipinski definition) is 0. The number of aromatic nitrogens is 2. The lowest BCUT2D eigenvalue weighted by molar-refractivity contribution is -0.0668. The van der Waals surface area contributed by atoms with Gasteiger partial charge in [0.25, 0.3) is 0 Å². The number of piperidine rings is 1. The molecule has 2 aliphatic rings. The van der Waals surface area contributed by atoms with E-state index >= 15 is 0 Å². The van der Waals surface area contributed by atoms with Crippen LogP contribution < -0.4 is 4.90 Å². The van der Waals surface area contributed by atoms with Crippen molar-refractivity contribution in [2.24, 2.45) is 5.92 Å². The van der Waals surface area contributed by atoms with Crippen molar-refractivity contribution < 1.29 is 19.0 Å². The number of anilines is 1. The molecule has 3 rings (SSSR count). The second kappa shape index (κ2) is 7.23. The fourth-order valence-electron chi connectivity index (χ4n) is 3.07. The van der Waals surface area contributed by atoms with E-state index in [1.165, 1.54) is 12.4 Å². The molecule has 1 aromatic heterocycles. The number of ether oxygens (including phenoxy) is 3. The molecular weight excluding hydrogens is 298 g/mol. The van der Waals surface area contributed by atoms with Crippen LogP contribution in [0.3, 0.4) is 0 Å². The lowest BCUT2D eigenvalue weighted by Crippen LogP contribution is -2.50. The van der Waals surface area contributed by atoms with Crippen LogP contribution in [-0.2, 0) is 14.2 Å². The van der Waals surface area contributed by atoms with Gasteiger partial charge in [0.15, 0.2) is 6.29 Å². The zero-order valence-corrected chi connectivity index (χ0v) is 13.6. The molecule has 7 heteroatoms. The Morgan fingerprint density at radius 2 is 2.00 bits per heavy atom. The highest BCUT2D eigenvalue weighted by atomic mass is 16.7. The molecule has 0 bridgehead atoms. The molecule has 2 fully saturated rings. The molecule has 0 N–H and O–H groups in total. The third-order valence-electron chi connectivity index (χ3n) is 4.23. The van der Waals surface area contributed by atoms with E-state index < -0.39 is 5.97 Å². The van der Waals surface area contributed by atoms with Crippen LogP contribution in [0.25, 0.3) is 0 Å². The molecule has 126 valence electrons. The van der Waals surface area contributed by atoms with Gasteiger partial charge < -0.3 is 19.1 Å². The van der Waals surface area contributed by atoms with Crippen molar-refractivity contribution in [1.29, 1.82) is 0 Å². The van der Waals surface area contributed by atoms with E-state index in [-0.39, 0.29) is 12.3 Å². The SMILES string of the molecule is CCOC(=O)c1cnc(N2CC(C)CCC2C2OCCO2)nc1. The second-order valence-corrected chi connectivity index (χ2v) is 6.00. The van der Waals surface area contributed by atoms with Gasteiger partial charge in [0.05, 0.1) is 31.4 Å². The van der Waals surface area contributed by atoms with Gasteiger partial charge >= 0.3 is 5.97 Å². The topological polar surface area (TPSA) is 73.8 Å². The Morgan fingerprint density at radius 3 is 2.65 bits per heavy atom. The molecule has 0 spiro atoms. The lowest BCUT2D eigenvalue weighted by Gasteiger charge is -2.40. The Kier molecular flexibility index (Phi) is 5.07. The van der Waals surface area contributed by atoms with Crippen molar-refractivity contribution in [3.63, 3.8) is 0 Å². The Labute approximate surface area is 136 Å². The van der Waals surface area contributed by atoms with Crippen molar-refractivity contribution in [2.75, 3.05) is 31.3 Å². The van der Waals surface area contributed by atoms with E-state index in [4.69, 9.17) is 14.2 Å². The maximum Gasteiger partial charge on any atom is 0.341 e. The first-order valence-electron chi connectivity index (χ1n) is 8.18. The smallest absolute Gasteiger partial charge is 0.341 e. The number of carbonyl (C=O) groups is 1. The molecule has 0 saturated carbocycles. The number of rotatable bonds is 4.